The fourth-order valence-electron chi connectivity index (χ4n) is 3.48. The van der Waals surface area contributed by atoms with E-state index in [9.17, 15) is 0 Å². The number of rotatable bonds is 3. The molecule has 2 heterocycles. The van der Waals surface area contributed by atoms with Gasteiger partial charge in [0.25, 0.3) is 0 Å². The van der Waals surface area contributed by atoms with Gasteiger partial charge in [0.2, 0.25) is 0 Å². The van der Waals surface area contributed by atoms with Crippen LogP contribution in [0.5, 0.6) is 0 Å². The van der Waals surface area contributed by atoms with Gasteiger partial charge in [0.05, 0.1) is 12.9 Å². The average molecular weight is 376 g/mol. The first-order valence-corrected chi connectivity index (χ1v) is 9.30. The van der Waals surface area contributed by atoms with Gasteiger partial charge >= 0.3 is 0 Å². The van der Waals surface area contributed by atoms with Crippen LogP contribution in [0.1, 0.15) is 49.4 Å². The van der Waals surface area contributed by atoms with Gasteiger partial charge in [-0.1, -0.05) is 48.5 Å². The molecule has 2 aliphatic heterocycles. The van der Waals surface area contributed by atoms with Crippen LogP contribution in [0, 0.1) is 0 Å². The van der Waals surface area contributed by atoms with Gasteiger partial charge in [-0.05, 0) is 25.0 Å². The molecule has 25 heavy (non-hydrogen) atoms. The first-order valence-electron chi connectivity index (χ1n) is 8.54. The second kappa shape index (κ2) is 6.81. The van der Waals surface area contributed by atoms with Gasteiger partial charge in [0.1, 0.15) is 5.82 Å². The summed E-state index contributed by atoms with van der Waals surface area (Å²) >= 11 is 12.6. The van der Waals surface area contributed by atoms with Crippen molar-refractivity contribution < 1.29 is 0 Å². The molecule has 1 aromatic carbocycles. The number of nitrogens with zero attached hydrogens (tertiary/aromatic N) is 4. The molecule has 130 valence electrons. The number of nitrogens with two attached hydrogens (primary N) is 1. The minimum atomic E-state index is 0.408. The highest BCUT2D eigenvalue weighted by Gasteiger charge is 2.25. The van der Waals surface area contributed by atoms with Crippen LogP contribution in [0.3, 0.4) is 0 Å². The number of aromatic nitrogens is 4. The molecule has 4 rings (SSSR count). The van der Waals surface area contributed by atoms with Crippen molar-refractivity contribution in [1.82, 2.24) is 19.5 Å². The summed E-state index contributed by atoms with van der Waals surface area (Å²) in [7, 11) is 0. The van der Waals surface area contributed by atoms with Crippen LogP contribution in [0.4, 0.5) is 5.82 Å². The number of anilines is 1. The molecule has 3 aliphatic rings. The van der Waals surface area contributed by atoms with Crippen LogP contribution in [0.25, 0.3) is 11.5 Å². The third-order valence-electron chi connectivity index (χ3n) is 4.87. The lowest BCUT2D eigenvalue weighted by Gasteiger charge is -2.18. The van der Waals surface area contributed by atoms with E-state index < -0.39 is 0 Å². The summed E-state index contributed by atoms with van der Waals surface area (Å²) in [6.07, 6.45) is 7.72. The summed E-state index contributed by atoms with van der Waals surface area (Å²) in [4.78, 5) is 13.8. The van der Waals surface area contributed by atoms with Gasteiger partial charge in [-0.25, -0.2) is 15.0 Å². The summed E-state index contributed by atoms with van der Waals surface area (Å²) in [6, 6.07) is 5.49. The monoisotopic (exact) mass is 375 g/mol. The van der Waals surface area contributed by atoms with Gasteiger partial charge in [-0.15, -0.1) is 0 Å². The van der Waals surface area contributed by atoms with Crippen molar-refractivity contribution in [2.24, 2.45) is 0 Å². The second-order valence-electron chi connectivity index (χ2n) is 6.55. The zero-order valence-corrected chi connectivity index (χ0v) is 15.3. The molecule has 0 unspecified atom stereocenters. The Morgan fingerprint density at radius 1 is 1.08 bits per heavy atom. The van der Waals surface area contributed by atoms with E-state index in [2.05, 4.69) is 4.98 Å². The highest BCUT2D eigenvalue weighted by atomic mass is 35.5. The molecule has 0 aromatic heterocycles. The van der Waals surface area contributed by atoms with Gasteiger partial charge in [0, 0.05) is 21.5 Å². The fourth-order valence-corrected chi connectivity index (χ4v) is 4.00. The number of halogens is 2. The Balaban J connectivity index is 1.74. The van der Waals surface area contributed by atoms with Crippen LogP contribution < -0.4 is 5.73 Å². The molecular formula is C18H19Cl2N5. The van der Waals surface area contributed by atoms with Crippen molar-refractivity contribution in [2.45, 2.75) is 44.6 Å². The standard InChI is InChI=1S/C18H19Cl2N5/c19-13-7-4-8-14(20)12(13)9-25-10-22-16(21)15-18(25)24-17(23-15)11-5-2-1-3-6-11/h4,7-8,10-11H,1-3,5-6,9,21H2. The maximum absolute atomic E-state index is 6.31. The van der Waals surface area contributed by atoms with E-state index in [4.69, 9.17) is 38.9 Å². The zero-order chi connectivity index (χ0) is 17.4. The molecule has 2 N–H and O–H groups in total. The van der Waals surface area contributed by atoms with Crippen LogP contribution in [-0.4, -0.2) is 19.5 Å². The van der Waals surface area contributed by atoms with Crippen molar-refractivity contribution in [3.8, 4) is 11.5 Å². The van der Waals surface area contributed by atoms with E-state index in [1.165, 1.54) is 19.3 Å². The Morgan fingerprint density at radius 3 is 2.52 bits per heavy atom. The van der Waals surface area contributed by atoms with Gasteiger partial charge in [-0.2, -0.15) is 0 Å². The van der Waals surface area contributed by atoms with Crippen molar-refractivity contribution >= 4 is 29.0 Å². The molecule has 0 atom stereocenters. The zero-order valence-electron chi connectivity index (χ0n) is 13.8. The third-order valence-corrected chi connectivity index (χ3v) is 5.58. The van der Waals surface area contributed by atoms with Crippen molar-refractivity contribution in [3.05, 3.63) is 46.0 Å². The molecule has 1 aromatic rings. The van der Waals surface area contributed by atoms with Crippen molar-refractivity contribution in [1.29, 1.82) is 0 Å². The lowest BCUT2D eigenvalue weighted by atomic mass is 9.89. The predicted molar refractivity (Wildman–Crippen MR) is 100 cm³/mol. The number of benzene rings is 1. The Bertz CT molecular complexity index is 850. The minimum Gasteiger partial charge on any atom is -0.382 e. The van der Waals surface area contributed by atoms with E-state index in [1.807, 2.05) is 22.8 Å². The van der Waals surface area contributed by atoms with Gasteiger partial charge < -0.3 is 10.3 Å². The SMILES string of the molecule is Nc1ncn(Cc2c(Cl)cccc2Cl)c2nc(C3CCCCC3)nc1-2. The van der Waals surface area contributed by atoms with Crippen LogP contribution in [0.2, 0.25) is 10.0 Å². The summed E-state index contributed by atoms with van der Waals surface area (Å²) in [6.45, 7) is 0.477. The molecule has 0 saturated heterocycles. The van der Waals surface area contributed by atoms with Gasteiger partial charge in [0.15, 0.2) is 17.3 Å². The highest BCUT2D eigenvalue weighted by molar-refractivity contribution is 6.35. The minimum absolute atomic E-state index is 0.408. The number of imidazole rings is 1. The van der Waals surface area contributed by atoms with E-state index in [0.717, 1.165) is 30.1 Å². The first-order chi connectivity index (χ1) is 12.1. The lowest BCUT2D eigenvalue weighted by molar-refractivity contribution is 0.431. The van der Waals surface area contributed by atoms with Crippen molar-refractivity contribution in [3.63, 3.8) is 0 Å². The Labute approximate surface area is 156 Å². The molecule has 0 amide bonds. The molecule has 1 saturated carbocycles. The first kappa shape index (κ1) is 16.6. The van der Waals surface area contributed by atoms with Crippen LogP contribution >= 0.6 is 23.2 Å². The molecule has 7 heteroatoms. The molecule has 5 nitrogen and oxygen atoms in total. The lowest BCUT2D eigenvalue weighted by Crippen LogP contribution is -2.10. The second-order valence-corrected chi connectivity index (χ2v) is 7.36. The Kier molecular flexibility index (Phi) is 4.52. The molecule has 0 radical (unpaired) electrons. The maximum atomic E-state index is 6.31. The van der Waals surface area contributed by atoms with Crippen molar-refractivity contribution in [2.75, 3.05) is 5.73 Å². The van der Waals surface area contributed by atoms with E-state index in [1.54, 1.807) is 6.33 Å². The topological polar surface area (TPSA) is 69.6 Å². The average Bonchev–Trinajstić information content (AvgIpc) is 3.07. The normalized spacial score (nSPS) is 15.8. The molecule has 1 fully saturated rings. The van der Waals surface area contributed by atoms with E-state index >= 15 is 0 Å². The van der Waals surface area contributed by atoms with Gasteiger partial charge in [-0.3, -0.25) is 0 Å². The number of fused-ring (bicyclic) bond motifs is 1. The smallest absolute Gasteiger partial charge is 0.166 e. The summed E-state index contributed by atoms with van der Waals surface area (Å²) < 4.78 is 1.91. The number of hydrogen-bond acceptors (Lipinski definition) is 4. The number of hydrogen-bond donors (Lipinski definition) is 1. The van der Waals surface area contributed by atoms with Crippen LogP contribution in [-0.2, 0) is 6.54 Å². The molecule has 1 aliphatic carbocycles. The Hall–Kier alpha value is -1.85. The quantitative estimate of drug-likeness (QED) is 0.715. The summed E-state index contributed by atoms with van der Waals surface area (Å²) in [5.41, 5.74) is 7.54. The maximum Gasteiger partial charge on any atom is 0.166 e. The largest absolute Gasteiger partial charge is 0.382 e. The highest BCUT2D eigenvalue weighted by Crippen LogP contribution is 2.35. The Morgan fingerprint density at radius 2 is 1.80 bits per heavy atom. The fraction of sp³-hybridized carbons (Fsp3) is 0.389. The molecular weight excluding hydrogens is 357 g/mol. The van der Waals surface area contributed by atoms with E-state index in [-0.39, 0.29) is 0 Å². The van der Waals surface area contributed by atoms with E-state index in [0.29, 0.717) is 34.0 Å². The number of nitrogen functional groups attached to an aromatic ring is 1. The molecule has 0 bridgehead atoms. The summed E-state index contributed by atoms with van der Waals surface area (Å²) in [5.74, 6) is 2.45. The molecule has 0 spiro atoms. The predicted octanol–water partition coefficient (Wildman–Crippen LogP) is 4.76. The summed E-state index contributed by atoms with van der Waals surface area (Å²) in [5, 5.41) is 1.24. The van der Waals surface area contributed by atoms with Crippen LogP contribution in [0.15, 0.2) is 24.5 Å². The third kappa shape index (κ3) is 3.18.